The first-order chi connectivity index (χ1) is 18.4. The van der Waals surface area contributed by atoms with E-state index in [1.165, 1.54) is 75.5 Å². The summed E-state index contributed by atoms with van der Waals surface area (Å²) < 4.78 is 72.7. The van der Waals surface area contributed by atoms with Gasteiger partial charge in [-0.05, 0) is 5.04 Å². The van der Waals surface area contributed by atoms with Crippen LogP contribution >= 0.6 is 10.7 Å². The smallest absolute Gasteiger partial charge is 0.308 e. The number of hydrogen-bond acceptors (Lipinski definition) is 9. The molecule has 41 heavy (non-hydrogen) atoms. The highest BCUT2D eigenvalue weighted by Gasteiger charge is 2.42. The van der Waals surface area contributed by atoms with Crippen molar-refractivity contribution in [1.82, 2.24) is 40.8 Å². The molecule has 0 fully saturated rings. The highest BCUT2D eigenvalue weighted by molar-refractivity contribution is 8.11. The van der Waals surface area contributed by atoms with E-state index in [9.17, 15) is 25.3 Å². The van der Waals surface area contributed by atoms with Crippen molar-refractivity contribution in [2.75, 3.05) is 42.3 Å². The zero-order valence-electron chi connectivity index (χ0n) is 25.2. The summed E-state index contributed by atoms with van der Waals surface area (Å²) in [4.78, 5) is 14.4. The number of nitrogens with zero attached hydrogens (tertiary/aromatic N) is 8. The van der Waals surface area contributed by atoms with Crippen molar-refractivity contribution in [2.45, 2.75) is 38.9 Å². The van der Waals surface area contributed by atoms with Gasteiger partial charge < -0.3 is 4.98 Å². The Morgan fingerprint density at radius 2 is 1.32 bits per heavy atom. The Morgan fingerprint density at radius 3 is 1.61 bits per heavy atom. The molecule has 0 saturated carbocycles. The lowest BCUT2D eigenvalue weighted by Gasteiger charge is -2.36. The number of aromatic amines is 1. The van der Waals surface area contributed by atoms with Crippen LogP contribution in [0, 0.1) is 0 Å². The summed E-state index contributed by atoms with van der Waals surface area (Å²) in [6.07, 6.45) is 12.2. The summed E-state index contributed by atoms with van der Waals surface area (Å²) in [6, 6.07) is 0. The van der Waals surface area contributed by atoms with Crippen molar-refractivity contribution in [2.24, 2.45) is 0 Å². The Morgan fingerprint density at radius 1 is 0.805 bits per heavy atom. The molecule has 0 bridgehead atoms. The number of nitrogens with one attached hydrogen (secondary N) is 1. The molecule has 0 amide bonds. The minimum Gasteiger partial charge on any atom is -0.351 e. The van der Waals surface area contributed by atoms with Crippen molar-refractivity contribution >= 4 is 53.9 Å². The van der Waals surface area contributed by atoms with Crippen LogP contribution in [-0.4, -0.2) is 116 Å². The summed E-state index contributed by atoms with van der Waals surface area (Å²) in [6.45, 7) is 10.7. The molecule has 0 aromatic carbocycles. The molecule has 0 radical (unpaired) electrons. The molecule has 0 saturated heterocycles. The molecule has 15 nitrogen and oxygen atoms in total. The SMILES string of the molecule is CN(C)S(=O)(=O)Cl.CN(C)S(=O)(=O)n1ccnc1.CN(C)S(=O)(=O)n1ccnc1[Si](C)(C)C(C)(C)C.c1c[nH]cn1. The monoisotopic (exact) mass is 675 g/mol. The summed E-state index contributed by atoms with van der Waals surface area (Å²) in [5.74, 6) is 0. The van der Waals surface area contributed by atoms with Gasteiger partial charge in [0.1, 0.15) is 19.8 Å². The molecule has 3 aromatic heterocycles. The van der Waals surface area contributed by atoms with E-state index in [4.69, 9.17) is 10.7 Å². The maximum atomic E-state index is 12.3. The van der Waals surface area contributed by atoms with Gasteiger partial charge in [0, 0.05) is 90.1 Å². The summed E-state index contributed by atoms with van der Waals surface area (Å²) in [7, 11) is 1.24. The number of hydrogen-bond donors (Lipinski definition) is 1. The lowest BCUT2D eigenvalue weighted by Crippen LogP contribution is -2.55. The van der Waals surface area contributed by atoms with Crippen molar-refractivity contribution in [3.8, 4) is 0 Å². The van der Waals surface area contributed by atoms with Gasteiger partial charge in [-0.25, -0.2) is 22.9 Å². The van der Waals surface area contributed by atoms with Gasteiger partial charge in [-0.1, -0.05) is 33.9 Å². The standard InChI is InChI=1S/C11H23N3O2SSi.C5H9N3O2S.C3H4N2.C2H6ClNO2S/c1-11(2,3)18(6,7)10-12-8-9-14(10)17(15,16)13(4)5;1-7(2)11(9,10)8-4-3-6-5-8;1-2-5-3-4-1;1-4(2)7(3,5)6/h8-9H,1-7H3;3-5H,1-2H3;1-3H,(H,4,5);1-2H3. The molecule has 0 aliphatic rings. The van der Waals surface area contributed by atoms with Gasteiger partial charge >= 0.3 is 20.4 Å². The molecule has 0 spiro atoms. The first-order valence-corrected chi connectivity index (χ1v) is 19.9. The van der Waals surface area contributed by atoms with Crippen LogP contribution in [0.3, 0.4) is 0 Å². The molecule has 236 valence electrons. The van der Waals surface area contributed by atoms with Crippen LogP contribution < -0.4 is 5.45 Å². The first-order valence-electron chi connectivity index (χ1n) is 11.8. The topological polar surface area (TPSA) is 176 Å². The summed E-state index contributed by atoms with van der Waals surface area (Å²) in [5.41, 5.74) is 0.698. The Labute approximate surface area is 250 Å². The molecule has 3 aromatic rings. The molecule has 0 atom stereocenters. The van der Waals surface area contributed by atoms with E-state index in [2.05, 4.69) is 53.8 Å². The van der Waals surface area contributed by atoms with Crippen molar-refractivity contribution in [3.63, 3.8) is 0 Å². The van der Waals surface area contributed by atoms with Gasteiger partial charge in [0.15, 0.2) is 0 Å². The van der Waals surface area contributed by atoms with Crippen molar-refractivity contribution < 1.29 is 25.3 Å². The normalized spacial score (nSPS) is 12.7. The molecule has 3 rings (SSSR count). The minimum absolute atomic E-state index is 0.0396. The van der Waals surface area contributed by atoms with Gasteiger partial charge in [0.25, 0.3) is 9.24 Å². The quantitative estimate of drug-likeness (QED) is 0.297. The van der Waals surface area contributed by atoms with Gasteiger partial charge in [-0.15, -0.1) is 0 Å². The molecule has 0 aliphatic heterocycles. The van der Waals surface area contributed by atoms with Crippen LogP contribution in [0.25, 0.3) is 0 Å². The number of imidazole rings is 3. The Balaban J connectivity index is 0.000000586. The largest absolute Gasteiger partial charge is 0.351 e. The first kappa shape index (κ1) is 38.9. The second-order valence-electron chi connectivity index (χ2n) is 10.4. The third-order valence-corrected chi connectivity index (χ3v) is 16.3. The predicted molar refractivity (Wildman–Crippen MR) is 164 cm³/mol. The second kappa shape index (κ2) is 15.4. The van der Waals surface area contributed by atoms with E-state index >= 15 is 0 Å². The average molecular weight is 676 g/mol. The lowest BCUT2D eigenvalue weighted by molar-refractivity contribution is 0.510. The molecular formula is C21H42ClN9O6S3Si. The molecular weight excluding hydrogens is 634 g/mol. The van der Waals surface area contributed by atoms with E-state index in [1.54, 1.807) is 24.9 Å². The van der Waals surface area contributed by atoms with Gasteiger partial charge in [-0.3, -0.25) is 0 Å². The van der Waals surface area contributed by atoms with E-state index in [1.807, 2.05) is 0 Å². The molecule has 20 heteroatoms. The Bertz CT molecular complexity index is 1460. The number of rotatable bonds is 6. The van der Waals surface area contributed by atoms with E-state index in [0.717, 1.165) is 12.6 Å². The molecule has 3 heterocycles. The van der Waals surface area contributed by atoms with E-state index < -0.39 is 37.7 Å². The zero-order valence-corrected chi connectivity index (χ0v) is 29.5. The zero-order chi connectivity index (χ0) is 32.4. The fourth-order valence-electron chi connectivity index (χ4n) is 2.21. The number of halogens is 1. The minimum atomic E-state index is -3.49. The van der Waals surface area contributed by atoms with Gasteiger partial charge in [-0.2, -0.15) is 38.2 Å². The van der Waals surface area contributed by atoms with Crippen LogP contribution in [0.1, 0.15) is 20.8 Å². The van der Waals surface area contributed by atoms with Crippen molar-refractivity contribution in [3.05, 3.63) is 49.8 Å². The predicted octanol–water partition coefficient (Wildman–Crippen LogP) is 1.23. The summed E-state index contributed by atoms with van der Waals surface area (Å²) >= 11 is 0. The molecule has 0 aliphatic carbocycles. The average Bonchev–Trinajstić information content (AvgIpc) is 3.62. The van der Waals surface area contributed by atoms with Crippen LogP contribution in [0.15, 0.2) is 49.8 Å². The number of aromatic nitrogens is 6. The highest BCUT2D eigenvalue weighted by Crippen LogP contribution is 2.35. The second-order valence-corrected chi connectivity index (χ2v) is 22.4. The van der Waals surface area contributed by atoms with Crippen LogP contribution in [0.5, 0.6) is 0 Å². The van der Waals surface area contributed by atoms with Crippen LogP contribution in [-0.2, 0) is 29.7 Å². The third-order valence-electron chi connectivity index (χ3n) is 5.80. The fraction of sp³-hybridized carbons (Fsp3) is 0.571. The van der Waals surface area contributed by atoms with Gasteiger partial charge in [0.05, 0.1) is 6.33 Å². The molecule has 1 N–H and O–H groups in total. The van der Waals surface area contributed by atoms with Crippen LogP contribution in [0.2, 0.25) is 18.1 Å². The van der Waals surface area contributed by atoms with Gasteiger partial charge in [0.2, 0.25) is 0 Å². The van der Waals surface area contributed by atoms with E-state index in [-0.39, 0.29) is 5.04 Å². The Hall–Kier alpha value is -2.13. The third kappa shape index (κ3) is 11.6. The lowest BCUT2D eigenvalue weighted by atomic mass is 10.2. The Kier molecular flexibility index (Phi) is 14.6. The highest BCUT2D eigenvalue weighted by atomic mass is 35.7. The fourth-order valence-corrected chi connectivity index (χ4v) is 6.52. The van der Waals surface area contributed by atoms with E-state index in [0.29, 0.717) is 5.45 Å². The van der Waals surface area contributed by atoms with Crippen molar-refractivity contribution in [1.29, 1.82) is 0 Å². The molecule has 0 unspecified atom stereocenters. The maximum absolute atomic E-state index is 12.3. The summed E-state index contributed by atoms with van der Waals surface area (Å²) in [5, 5.41) is 0.0396. The maximum Gasteiger partial charge on any atom is 0.308 e. The van der Waals surface area contributed by atoms with Crippen LogP contribution in [0.4, 0.5) is 0 Å². The number of H-pyrrole nitrogens is 1.